The van der Waals surface area contributed by atoms with Gasteiger partial charge in [-0.3, -0.25) is 0 Å². The average Bonchev–Trinajstić information content (AvgIpc) is 2.94. The zero-order valence-corrected chi connectivity index (χ0v) is 14.2. The first-order chi connectivity index (χ1) is 11.2. The van der Waals surface area contributed by atoms with Crippen LogP contribution in [0.5, 0.6) is 5.75 Å². The lowest BCUT2D eigenvalue weighted by Crippen LogP contribution is -2.00. The van der Waals surface area contributed by atoms with Crippen LogP contribution in [0.3, 0.4) is 0 Å². The Labute approximate surface area is 141 Å². The largest absolute Gasteiger partial charge is 0.497 e. The summed E-state index contributed by atoms with van der Waals surface area (Å²) < 4.78 is 7.39. The van der Waals surface area contributed by atoms with Gasteiger partial charge in [0.1, 0.15) is 16.6 Å². The van der Waals surface area contributed by atoms with Crippen molar-refractivity contribution in [1.82, 2.24) is 9.55 Å². The van der Waals surface area contributed by atoms with Crippen LogP contribution in [0.4, 0.5) is 0 Å². The molecule has 0 aliphatic carbocycles. The molecule has 0 radical (unpaired) electrons. The minimum absolute atomic E-state index is 0.864. The monoisotopic (exact) mass is 324 g/mol. The van der Waals surface area contributed by atoms with Crippen molar-refractivity contribution in [2.45, 2.75) is 24.2 Å². The van der Waals surface area contributed by atoms with Crippen LogP contribution in [-0.2, 0) is 12.3 Å². The molecule has 0 N–H and O–H groups in total. The molecule has 1 aromatic heterocycles. The van der Waals surface area contributed by atoms with Crippen molar-refractivity contribution < 1.29 is 4.74 Å². The van der Waals surface area contributed by atoms with Crippen LogP contribution in [0.1, 0.15) is 17.0 Å². The van der Waals surface area contributed by atoms with E-state index in [0.717, 1.165) is 28.9 Å². The van der Waals surface area contributed by atoms with Crippen LogP contribution >= 0.6 is 11.8 Å². The van der Waals surface area contributed by atoms with Crippen molar-refractivity contribution in [3.63, 3.8) is 0 Å². The highest BCUT2D eigenvalue weighted by Gasteiger charge is 2.06. The summed E-state index contributed by atoms with van der Waals surface area (Å²) in [5, 5.41) is 1.06. The van der Waals surface area contributed by atoms with Gasteiger partial charge >= 0.3 is 0 Å². The van der Waals surface area contributed by atoms with E-state index in [-0.39, 0.29) is 0 Å². The molecule has 3 rings (SSSR count). The second-order valence-corrected chi connectivity index (χ2v) is 6.37. The van der Waals surface area contributed by atoms with E-state index < -0.39 is 0 Å². The van der Waals surface area contributed by atoms with Gasteiger partial charge in [-0.1, -0.05) is 42.5 Å². The molecule has 2 aromatic carbocycles. The molecule has 118 valence electrons. The van der Waals surface area contributed by atoms with E-state index in [0.29, 0.717) is 0 Å². The molecule has 3 nitrogen and oxygen atoms in total. The van der Waals surface area contributed by atoms with Gasteiger partial charge < -0.3 is 9.30 Å². The zero-order chi connectivity index (χ0) is 16.1. The Morgan fingerprint density at radius 3 is 2.43 bits per heavy atom. The highest BCUT2D eigenvalue weighted by atomic mass is 32.2. The Hall–Kier alpha value is -2.20. The highest BCUT2D eigenvalue weighted by Crippen LogP contribution is 2.23. The van der Waals surface area contributed by atoms with Crippen LogP contribution in [0.2, 0.25) is 0 Å². The van der Waals surface area contributed by atoms with Crippen molar-refractivity contribution >= 4 is 11.8 Å². The fourth-order valence-electron chi connectivity index (χ4n) is 2.37. The zero-order valence-electron chi connectivity index (χ0n) is 13.4. The molecule has 0 bridgehead atoms. The van der Waals surface area contributed by atoms with E-state index in [1.165, 1.54) is 11.1 Å². The molecule has 0 spiro atoms. The predicted molar refractivity (Wildman–Crippen MR) is 95.1 cm³/mol. The lowest BCUT2D eigenvalue weighted by Gasteiger charge is -2.04. The number of rotatable bonds is 6. The molecular formula is C19H20N2OS. The number of aryl methyl sites for hydroxylation is 1. The van der Waals surface area contributed by atoms with E-state index in [1.54, 1.807) is 18.9 Å². The maximum Gasteiger partial charge on any atom is 0.118 e. The number of aromatic nitrogens is 2. The van der Waals surface area contributed by atoms with E-state index in [9.17, 15) is 0 Å². The molecule has 0 fully saturated rings. The summed E-state index contributed by atoms with van der Waals surface area (Å²) in [4.78, 5) is 4.66. The topological polar surface area (TPSA) is 27.1 Å². The SMILES string of the molecule is COc1ccc(CSc2cn(Cc3ccccc3)c(C)n2)cc1. The maximum absolute atomic E-state index is 5.19. The number of hydrogen-bond donors (Lipinski definition) is 0. The average molecular weight is 324 g/mol. The molecule has 4 heteroatoms. The molecule has 0 amide bonds. The van der Waals surface area contributed by atoms with Gasteiger partial charge in [0.2, 0.25) is 0 Å². The van der Waals surface area contributed by atoms with Crippen LogP contribution in [0.25, 0.3) is 0 Å². The maximum atomic E-state index is 5.19. The number of benzene rings is 2. The standard InChI is InChI=1S/C19H20N2OS/c1-15-20-19(13-21(15)12-16-6-4-3-5-7-16)23-14-17-8-10-18(22-2)11-9-17/h3-11,13H,12,14H2,1-2H3. The number of thioether (sulfide) groups is 1. The molecule has 23 heavy (non-hydrogen) atoms. The quantitative estimate of drug-likeness (QED) is 0.623. The number of nitrogens with zero attached hydrogens (tertiary/aromatic N) is 2. The van der Waals surface area contributed by atoms with Crippen molar-refractivity contribution in [2.24, 2.45) is 0 Å². The summed E-state index contributed by atoms with van der Waals surface area (Å²) in [6.45, 7) is 2.92. The molecule has 0 saturated carbocycles. The van der Waals surface area contributed by atoms with Gasteiger partial charge in [-0.15, -0.1) is 11.8 Å². The van der Waals surface area contributed by atoms with E-state index in [4.69, 9.17) is 4.74 Å². The summed E-state index contributed by atoms with van der Waals surface area (Å²) >= 11 is 1.76. The summed E-state index contributed by atoms with van der Waals surface area (Å²) in [7, 11) is 1.69. The van der Waals surface area contributed by atoms with Gasteiger partial charge in [0.15, 0.2) is 0 Å². The van der Waals surface area contributed by atoms with Crippen LogP contribution in [0, 0.1) is 6.92 Å². The summed E-state index contributed by atoms with van der Waals surface area (Å²) in [5.41, 5.74) is 2.56. The molecule has 0 aliphatic heterocycles. The molecule has 0 atom stereocenters. The van der Waals surface area contributed by atoms with Gasteiger partial charge in [0.05, 0.1) is 7.11 Å². The third-order valence-electron chi connectivity index (χ3n) is 3.70. The normalized spacial score (nSPS) is 10.7. The Kier molecular flexibility index (Phi) is 5.03. The summed E-state index contributed by atoms with van der Waals surface area (Å²) in [5.74, 6) is 2.85. The summed E-state index contributed by atoms with van der Waals surface area (Å²) in [6.07, 6.45) is 2.14. The highest BCUT2D eigenvalue weighted by molar-refractivity contribution is 7.98. The van der Waals surface area contributed by atoms with Gasteiger partial charge in [-0.25, -0.2) is 4.98 Å². The minimum atomic E-state index is 0.864. The van der Waals surface area contributed by atoms with Crippen molar-refractivity contribution in [2.75, 3.05) is 7.11 Å². The van der Waals surface area contributed by atoms with Crippen molar-refractivity contribution in [1.29, 1.82) is 0 Å². The number of methoxy groups -OCH3 is 1. The number of imidazole rings is 1. The first-order valence-electron chi connectivity index (χ1n) is 7.58. The van der Waals surface area contributed by atoms with Gasteiger partial charge in [-0.05, 0) is 30.2 Å². The second kappa shape index (κ2) is 7.38. The number of hydrogen-bond acceptors (Lipinski definition) is 3. The first-order valence-corrected chi connectivity index (χ1v) is 8.56. The smallest absolute Gasteiger partial charge is 0.118 e. The second-order valence-electron chi connectivity index (χ2n) is 5.38. The molecule has 0 saturated heterocycles. The van der Waals surface area contributed by atoms with Gasteiger partial charge in [0.25, 0.3) is 0 Å². The fraction of sp³-hybridized carbons (Fsp3) is 0.211. The molecule has 0 aliphatic rings. The lowest BCUT2D eigenvalue weighted by atomic mass is 10.2. The van der Waals surface area contributed by atoms with Gasteiger partial charge in [-0.2, -0.15) is 0 Å². The number of ether oxygens (including phenoxy) is 1. The van der Waals surface area contributed by atoms with Gasteiger partial charge in [0, 0.05) is 18.5 Å². The molecule has 1 heterocycles. The fourth-order valence-corrected chi connectivity index (χ4v) is 3.27. The molecule has 0 unspecified atom stereocenters. The van der Waals surface area contributed by atoms with Crippen LogP contribution < -0.4 is 4.74 Å². The Balaban J connectivity index is 1.63. The minimum Gasteiger partial charge on any atom is -0.497 e. The van der Waals surface area contributed by atoms with E-state index >= 15 is 0 Å². The van der Waals surface area contributed by atoms with Crippen LogP contribution in [0.15, 0.2) is 65.8 Å². The Morgan fingerprint density at radius 2 is 1.74 bits per heavy atom. The third kappa shape index (κ3) is 4.17. The molecule has 3 aromatic rings. The molecular weight excluding hydrogens is 304 g/mol. The first kappa shape index (κ1) is 15.7. The van der Waals surface area contributed by atoms with E-state index in [1.807, 2.05) is 18.2 Å². The Bertz CT molecular complexity index is 751. The van der Waals surface area contributed by atoms with Crippen LogP contribution in [-0.4, -0.2) is 16.7 Å². The van der Waals surface area contributed by atoms with E-state index in [2.05, 4.69) is 59.1 Å². The lowest BCUT2D eigenvalue weighted by molar-refractivity contribution is 0.414. The van der Waals surface area contributed by atoms with Crippen molar-refractivity contribution in [3.8, 4) is 5.75 Å². The Morgan fingerprint density at radius 1 is 1.00 bits per heavy atom. The third-order valence-corrected chi connectivity index (χ3v) is 4.67. The van der Waals surface area contributed by atoms with Crippen molar-refractivity contribution in [3.05, 3.63) is 77.7 Å². The predicted octanol–water partition coefficient (Wildman–Crippen LogP) is 4.54. The summed E-state index contributed by atoms with van der Waals surface area (Å²) in [6, 6.07) is 18.7.